The number of hydrogen-bond donors (Lipinski definition) is 3. The molecule has 190 valence electrons. The first-order chi connectivity index (χ1) is 18.5. The van der Waals surface area contributed by atoms with Crippen molar-refractivity contribution in [3.05, 3.63) is 154 Å². The lowest BCUT2D eigenvalue weighted by Gasteiger charge is -2.30. The van der Waals surface area contributed by atoms with E-state index in [0.29, 0.717) is 11.6 Å². The van der Waals surface area contributed by atoms with Gasteiger partial charge in [-0.15, -0.1) is 0 Å². The van der Waals surface area contributed by atoms with E-state index < -0.39 is 0 Å². The molecule has 0 bridgehead atoms. The molecule has 0 radical (unpaired) electrons. The number of ether oxygens (including phenoxy) is 1. The van der Waals surface area contributed by atoms with Crippen LogP contribution in [0.2, 0.25) is 5.02 Å². The standard InChI is InChI=1S/C33H27ClO4/c34-27-3-1-2-22(20-27)21-38-31-18-10-26(11-19-31)33(25-8-16-30(37)17-9-25)32(23-4-12-28(35)13-5-23)24-6-14-29(36)15-7-24/h1-20,32-33,35-37H,21H2. The van der Waals surface area contributed by atoms with Crippen LogP contribution in [-0.2, 0) is 6.61 Å². The molecule has 0 aromatic heterocycles. The number of rotatable bonds is 8. The van der Waals surface area contributed by atoms with Gasteiger partial charge in [0.15, 0.2) is 0 Å². The van der Waals surface area contributed by atoms with E-state index in [1.54, 1.807) is 36.4 Å². The van der Waals surface area contributed by atoms with Crippen LogP contribution >= 0.6 is 11.6 Å². The van der Waals surface area contributed by atoms with Gasteiger partial charge >= 0.3 is 0 Å². The van der Waals surface area contributed by atoms with E-state index in [0.717, 1.165) is 33.6 Å². The van der Waals surface area contributed by atoms with E-state index in [2.05, 4.69) is 12.1 Å². The highest BCUT2D eigenvalue weighted by atomic mass is 35.5. The summed E-state index contributed by atoms with van der Waals surface area (Å²) in [5, 5.41) is 30.5. The molecule has 5 aromatic rings. The summed E-state index contributed by atoms with van der Waals surface area (Å²) in [6, 6.07) is 37.3. The molecule has 5 heteroatoms. The minimum Gasteiger partial charge on any atom is -0.508 e. The van der Waals surface area contributed by atoms with Crippen LogP contribution < -0.4 is 4.74 Å². The third-order valence-electron chi connectivity index (χ3n) is 6.62. The topological polar surface area (TPSA) is 69.9 Å². The Bertz CT molecular complexity index is 1430. The second kappa shape index (κ2) is 11.3. The Kier molecular flexibility index (Phi) is 7.52. The van der Waals surface area contributed by atoms with E-state index >= 15 is 0 Å². The molecule has 0 fully saturated rings. The Labute approximate surface area is 227 Å². The number of phenolic OH excluding ortho intramolecular Hbond substituents is 3. The van der Waals surface area contributed by atoms with Gasteiger partial charge in [-0.2, -0.15) is 0 Å². The van der Waals surface area contributed by atoms with Crippen LogP contribution in [0.25, 0.3) is 0 Å². The number of aromatic hydroxyl groups is 3. The number of phenols is 3. The summed E-state index contributed by atoms with van der Waals surface area (Å²) in [6.45, 7) is 0.408. The van der Waals surface area contributed by atoms with Gasteiger partial charge in [0, 0.05) is 16.9 Å². The van der Waals surface area contributed by atoms with Crippen LogP contribution in [0.1, 0.15) is 39.7 Å². The molecule has 0 spiro atoms. The SMILES string of the molecule is Oc1ccc(C(c2ccc(O)cc2)C(c2ccc(O)cc2)c2ccc(OCc3cccc(Cl)c3)cc2)cc1. The number of halogens is 1. The number of hydrogen-bond acceptors (Lipinski definition) is 4. The molecule has 0 saturated carbocycles. The maximum Gasteiger partial charge on any atom is 0.119 e. The van der Waals surface area contributed by atoms with Crippen molar-refractivity contribution in [2.75, 3.05) is 0 Å². The van der Waals surface area contributed by atoms with Crippen LogP contribution in [-0.4, -0.2) is 15.3 Å². The maximum atomic E-state index is 9.97. The second-order valence-electron chi connectivity index (χ2n) is 9.22. The van der Waals surface area contributed by atoms with Crippen LogP contribution in [0.4, 0.5) is 0 Å². The zero-order valence-electron chi connectivity index (χ0n) is 20.5. The Hall–Kier alpha value is -4.41. The Morgan fingerprint density at radius 2 is 0.921 bits per heavy atom. The van der Waals surface area contributed by atoms with E-state index in [-0.39, 0.29) is 29.1 Å². The molecule has 0 aliphatic carbocycles. The van der Waals surface area contributed by atoms with Gasteiger partial charge in [0.25, 0.3) is 0 Å². The molecule has 4 nitrogen and oxygen atoms in total. The maximum absolute atomic E-state index is 9.97. The van der Waals surface area contributed by atoms with Crippen molar-refractivity contribution < 1.29 is 20.1 Å². The van der Waals surface area contributed by atoms with Gasteiger partial charge in [-0.25, -0.2) is 0 Å². The van der Waals surface area contributed by atoms with Crippen molar-refractivity contribution in [2.45, 2.75) is 18.4 Å². The Morgan fingerprint density at radius 1 is 0.526 bits per heavy atom. The summed E-state index contributed by atoms with van der Waals surface area (Å²) in [5.41, 5.74) is 5.07. The van der Waals surface area contributed by atoms with Crippen molar-refractivity contribution in [3.63, 3.8) is 0 Å². The molecule has 0 aliphatic rings. The fourth-order valence-electron chi connectivity index (χ4n) is 4.76. The largest absolute Gasteiger partial charge is 0.508 e. The van der Waals surface area contributed by atoms with Crippen LogP contribution in [0.5, 0.6) is 23.0 Å². The predicted octanol–water partition coefficient (Wildman–Crippen LogP) is 8.00. The van der Waals surface area contributed by atoms with Gasteiger partial charge in [-0.05, 0) is 88.5 Å². The van der Waals surface area contributed by atoms with Crippen LogP contribution in [0.3, 0.4) is 0 Å². The molecule has 0 heterocycles. The van der Waals surface area contributed by atoms with Gasteiger partial charge in [0.05, 0.1) is 0 Å². The molecule has 5 rings (SSSR count). The second-order valence-corrected chi connectivity index (χ2v) is 9.65. The quantitative estimate of drug-likeness (QED) is 0.193. The molecule has 0 saturated heterocycles. The summed E-state index contributed by atoms with van der Waals surface area (Å²) in [5.74, 6) is 1.05. The molecule has 1 atom stereocenters. The van der Waals surface area contributed by atoms with E-state index in [1.807, 2.05) is 72.8 Å². The first-order valence-electron chi connectivity index (χ1n) is 12.3. The molecule has 0 amide bonds. The molecular weight excluding hydrogens is 496 g/mol. The minimum absolute atomic E-state index is 0.133. The van der Waals surface area contributed by atoms with Gasteiger partial charge in [-0.3, -0.25) is 0 Å². The van der Waals surface area contributed by atoms with Crippen LogP contribution in [0.15, 0.2) is 121 Å². The first-order valence-corrected chi connectivity index (χ1v) is 12.7. The lowest BCUT2D eigenvalue weighted by atomic mass is 9.73. The molecular formula is C33H27ClO4. The van der Waals surface area contributed by atoms with E-state index in [4.69, 9.17) is 16.3 Å². The lowest BCUT2D eigenvalue weighted by Crippen LogP contribution is -2.14. The normalized spacial score (nSPS) is 11.8. The molecule has 1 unspecified atom stereocenters. The summed E-state index contributed by atoms with van der Waals surface area (Å²) in [4.78, 5) is 0. The Balaban J connectivity index is 1.54. The third-order valence-corrected chi connectivity index (χ3v) is 6.86. The highest BCUT2D eigenvalue weighted by Crippen LogP contribution is 2.44. The monoisotopic (exact) mass is 522 g/mol. The summed E-state index contributed by atoms with van der Waals surface area (Å²) in [7, 11) is 0. The fraction of sp³-hybridized carbons (Fsp3) is 0.0909. The van der Waals surface area contributed by atoms with Gasteiger partial charge in [0.2, 0.25) is 0 Å². The van der Waals surface area contributed by atoms with Crippen molar-refractivity contribution in [1.82, 2.24) is 0 Å². The van der Waals surface area contributed by atoms with Crippen molar-refractivity contribution in [3.8, 4) is 23.0 Å². The molecule has 0 aliphatic heterocycles. The van der Waals surface area contributed by atoms with Crippen molar-refractivity contribution in [1.29, 1.82) is 0 Å². The van der Waals surface area contributed by atoms with Gasteiger partial charge < -0.3 is 20.1 Å². The summed E-state index contributed by atoms with van der Waals surface area (Å²) in [6.07, 6.45) is 0. The molecule has 5 aromatic carbocycles. The predicted molar refractivity (Wildman–Crippen MR) is 150 cm³/mol. The van der Waals surface area contributed by atoms with Crippen molar-refractivity contribution in [2.24, 2.45) is 0 Å². The third kappa shape index (κ3) is 5.93. The zero-order chi connectivity index (χ0) is 26.5. The summed E-state index contributed by atoms with van der Waals surface area (Å²) >= 11 is 6.10. The average Bonchev–Trinajstić information content (AvgIpc) is 2.93. The molecule has 3 N–H and O–H groups in total. The lowest BCUT2D eigenvalue weighted by molar-refractivity contribution is 0.306. The average molecular weight is 523 g/mol. The number of benzene rings is 5. The fourth-order valence-corrected chi connectivity index (χ4v) is 4.98. The smallest absolute Gasteiger partial charge is 0.119 e. The van der Waals surface area contributed by atoms with Crippen LogP contribution in [0, 0.1) is 0 Å². The van der Waals surface area contributed by atoms with Gasteiger partial charge in [-0.1, -0.05) is 72.3 Å². The van der Waals surface area contributed by atoms with Crippen molar-refractivity contribution >= 4 is 11.6 Å². The van der Waals surface area contributed by atoms with E-state index in [1.165, 1.54) is 0 Å². The Morgan fingerprint density at radius 3 is 1.32 bits per heavy atom. The van der Waals surface area contributed by atoms with Gasteiger partial charge in [0.1, 0.15) is 29.6 Å². The highest BCUT2D eigenvalue weighted by Gasteiger charge is 2.28. The molecule has 38 heavy (non-hydrogen) atoms. The first kappa shape index (κ1) is 25.2. The zero-order valence-corrected chi connectivity index (χ0v) is 21.3. The summed E-state index contributed by atoms with van der Waals surface area (Å²) < 4.78 is 6.01. The minimum atomic E-state index is -0.140. The van der Waals surface area contributed by atoms with E-state index in [9.17, 15) is 15.3 Å². The highest BCUT2D eigenvalue weighted by molar-refractivity contribution is 6.30.